The van der Waals surface area contributed by atoms with E-state index in [1.54, 1.807) is 0 Å². The maximum atomic E-state index is 9.30. The van der Waals surface area contributed by atoms with E-state index in [9.17, 15) is 5.26 Å². The number of nitriles is 1. The highest BCUT2D eigenvalue weighted by atomic mass is 79.9. The van der Waals surface area contributed by atoms with E-state index in [1.165, 1.54) is 0 Å². The second-order valence-corrected chi connectivity index (χ2v) is 5.92. The largest absolute Gasteiger partial charge is 0.365 e. The van der Waals surface area contributed by atoms with Crippen LogP contribution in [-0.4, -0.2) is 13.1 Å². The molecule has 0 spiro atoms. The molecular weight excluding hydrogens is 326 g/mol. The van der Waals surface area contributed by atoms with Gasteiger partial charge in [-0.3, -0.25) is 0 Å². The van der Waals surface area contributed by atoms with Crippen LogP contribution in [0.4, 0.5) is 5.69 Å². The van der Waals surface area contributed by atoms with E-state index >= 15 is 0 Å². The third-order valence-electron chi connectivity index (χ3n) is 3.54. The normalized spacial score (nSPS) is 13.3. The lowest BCUT2D eigenvalue weighted by Crippen LogP contribution is -2.37. The third-order valence-corrected chi connectivity index (χ3v) is 4.27. The van der Waals surface area contributed by atoms with Crippen molar-refractivity contribution in [1.29, 1.82) is 5.26 Å². The summed E-state index contributed by atoms with van der Waals surface area (Å²) in [6, 6.07) is 17.8. The van der Waals surface area contributed by atoms with Gasteiger partial charge in [0.05, 0.1) is 17.3 Å². The third kappa shape index (κ3) is 3.26. The smallest absolute Gasteiger partial charge is 0.101 e. The number of nitrogens with two attached hydrogens (primary N) is 1. The number of rotatable bonds is 4. The van der Waals surface area contributed by atoms with Crippen LogP contribution in [0.25, 0.3) is 0 Å². The van der Waals surface area contributed by atoms with Crippen molar-refractivity contribution in [1.82, 2.24) is 0 Å². The number of likely N-dealkylation sites (N-methyl/N-ethyl adjacent to an activating group) is 1. The van der Waals surface area contributed by atoms with Crippen molar-refractivity contribution in [3.8, 4) is 6.07 Å². The first-order valence-corrected chi connectivity index (χ1v) is 7.57. The Morgan fingerprint density at radius 2 is 1.76 bits per heavy atom. The number of halogens is 1. The summed E-state index contributed by atoms with van der Waals surface area (Å²) in [5, 5.41) is 9.30. The van der Waals surface area contributed by atoms with Crippen LogP contribution in [0.2, 0.25) is 0 Å². The van der Waals surface area contributed by atoms with Gasteiger partial charge in [-0.1, -0.05) is 46.3 Å². The molecule has 2 aromatic rings. The fraction of sp³-hybridized carbons (Fsp3) is 0.235. The van der Waals surface area contributed by atoms with Crippen LogP contribution in [0.15, 0.2) is 53.0 Å². The van der Waals surface area contributed by atoms with Gasteiger partial charge >= 0.3 is 0 Å². The summed E-state index contributed by atoms with van der Waals surface area (Å²) in [7, 11) is 1.98. The van der Waals surface area contributed by atoms with Crippen molar-refractivity contribution >= 4 is 21.6 Å². The van der Waals surface area contributed by atoms with Crippen LogP contribution in [0, 0.1) is 11.3 Å². The van der Waals surface area contributed by atoms with E-state index in [1.807, 2.05) is 56.4 Å². The molecule has 0 aliphatic carbocycles. The van der Waals surface area contributed by atoms with Gasteiger partial charge in [0, 0.05) is 17.6 Å². The van der Waals surface area contributed by atoms with Crippen LogP contribution in [0.1, 0.15) is 24.1 Å². The van der Waals surface area contributed by atoms with E-state index in [0.717, 1.165) is 15.7 Å². The molecule has 3 nitrogen and oxygen atoms in total. The summed E-state index contributed by atoms with van der Waals surface area (Å²) in [5.41, 5.74) is 8.87. The molecule has 0 aliphatic heterocycles. The summed E-state index contributed by atoms with van der Waals surface area (Å²) in [4.78, 5) is 2.07. The van der Waals surface area contributed by atoms with E-state index < -0.39 is 0 Å². The van der Waals surface area contributed by atoms with E-state index in [-0.39, 0.29) is 12.1 Å². The number of nitrogens with zero attached hydrogens (tertiary/aromatic N) is 2. The molecule has 0 fully saturated rings. The molecule has 0 amide bonds. The highest BCUT2D eigenvalue weighted by Gasteiger charge is 2.24. The summed E-state index contributed by atoms with van der Waals surface area (Å²) in [6.07, 6.45) is 0. The Balaban J connectivity index is 2.49. The molecule has 2 N–H and O–H groups in total. The van der Waals surface area contributed by atoms with Gasteiger partial charge in [0.25, 0.3) is 0 Å². The number of benzene rings is 2. The maximum Gasteiger partial charge on any atom is 0.101 e. The average molecular weight is 344 g/mol. The predicted molar refractivity (Wildman–Crippen MR) is 90.1 cm³/mol. The first-order valence-electron chi connectivity index (χ1n) is 6.78. The van der Waals surface area contributed by atoms with Gasteiger partial charge < -0.3 is 10.6 Å². The Morgan fingerprint density at radius 1 is 1.14 bits per heavy atom. The Morgan fingerprint density at radius 3 is 2.38 bits per heavy atom. The second kappa shape index (κ2) is 6.75. The second-order valence-electron chi connectivity index (χ2n) is 5.07. The Kier molecular flexibility index (Phi) is 5.00. The van der Waals surface area contributed by atoms with Gasteiger partial charge in [0.15, 0.2) is 0 Å². The Bertz CT molecular complexity index is 661. The van der Waals surface area contributed by atoms with Crippen molar-refractivity contribution < 1.29 is 0 Å². The zero-order valence-electron chi connectivity index (χ0n) is 12.1. The lowest BCUT2D eigenvalue weighted by molar-refractivity contribution is 0.556. The number of hydrogen-bond acceptors (Lipinski definition) is 3. The van der Waals surface area contributed by atoms with Gasteiger partial charge in [-0.25, -0.2) is 0 Å². The molecule has 0 aromatic heterocycles. The minimum atomic E-state index is -0.0829. The van der Waals surface area contributed by atoms with Crippen molar-refractivity contribution in [2.45, 2.75) is 19.0 Å². The molecule has 0 saturated heterocycles. The molecule has 0 heterocycles. The van der Waals surface area contributed by atoms with E-state index in [0.29, 0.717) is 5.56 Å². The predicted octanol–water partition coefficient (Wildman–Crippen LogP) is 3.85. The van der Waals surface area contributed by atoms with Gasteiger partial charge in [0.2, 0.25) is 0 Å². The molecule has 2 unspecified atom stereocenters. The molecule has 0 aliphatic rings. The van der Waals surface area contributed by atoms with Crippen molar-refractivity contribution in [3.63, 3.8) is 0 Å². The molecule has 2 atom stereocenters. The van der Waals surface area contributed by atoms with Gasteiger partial charge in [0.1, 0.15) is 6.07 Å². The van der Waals surface area contributed by atoms with E-state index in [4.69, 9.17) is 5.73 Å². The van der Waals surface area contributed by atoms with Crippen LogP contribution < -0.4 is 10.6 Å². The molecule has 4 heteroatoms. The van der Waals surface area contributed by atoms with Gasteiger partial charge in [-0.2, -0.15) is 5.26 Å². The number of hydrogen-bond donors (Lipinski definition) is 1. The maximum absolute atomic E-state index is 9.30. The molecule has 21 heavy (non-hydrogen) atoms. The molecule has 2 aromatic carbocycles. The topological polar surface area (TPSA) is 53.0 Å². The Labute approximate surface area is 134 Å². The van der Waals surface area contributed by atoms with E-state index in [2.05, 4.69) is 33.0 Å². The number of para-hydroxylation sites is 1. The summed E-state index contributed by atoms with van der Waals surface area (Å²) >= 11 is 3.59. The van der Waals surface area contributed by atoms with Crippen molar-refractivity contribution in [3.05, 3.63) is 64.1 Å². The lowest BCUT2D eigenvalue weighted by atomic mass is 9.98. The molecule has 0 radical (unpaired) electrons. The van der Waals surface area contributed by atoms with Crippen LogP contribution in [0.5, 0.6) is 0 Å². The highest BCUT2D eigenvalue weighted by Crippen LogP contribution is 2.33. The molecule has 0 saturated carbocycles. The quantitative estimate of drug-likeness (QED) is 0.917. The van der Waals surface area contributed by atoms with Crippen LogP contribution in [0.3, 0.4) is 0 Å². The van der Waals surface area contributed by atoms with Gasteiger partial charge in [-0.15, -0.1) is 0 Å². The zero-order chi connectivity index (χ0) is 15.4. The zero-order valence-corrected chi connectivity index (χ0v) is 13.7. The van der Waals surface area contributed by atoms with Crippen LogP contribution >= 0.6 is 15.9 Å². The summed E-state index contributed by atoms with van der Waals surface area (Å²) in [6.45, 7) is 1.98. The van der Waals surface area contributed by atoms with Crippen LogP contribution in [-0.2, 0) is 0 Å². The first kappa shape index (κ1) is 15.6. The highest BCUT2D eigenvalue weighted by molar-refractivity contribution is 9.10. The Hall–Kier alpha value is -1.83. The summed E-state index contributed by atoms with van der Waals surface area (Å²) in [5.74, 6) is 0. The first-order chi connectivity index (χ1) is 10.1. The number of anilines is 1. The minimum absolute atomic E-state index is 0.0184. The average Bonchev–Trinajstić information content (AvgIpc) is 2.49. The fourth-order valence-corrected chi connectivity index (χ4v) is 3.10. The molecular formula is C17H18BrN3. The van der Waals surface area contributed by atoms with Gasteiger partial charge in [-0.05, 0) is 30.7 Å². The standard InChI is InChI=1S/C17H18BrN3/c1-12(20)17(14-8-4-5-9-15(14)18)21(2)16-10-6-3-7-13(16)11-19/h3-10,12,17H,20H2,1-2H3. The van der Waals surface area contributed by atoms with Crippen molar-refractivity contribution in [2.75, 3.05) is 11.9 Å². The lowest BCUT2D eigenvalue weighted by Gasteiger charge is -2.34. The monoisotopic (exact) mass is 343 g/mol. The SMILES string of the molecule is CC(N)C(c1ccccc1Br)N(C)c1ccccc1C#N. The minimum Gasteiger partial charge on any atom is -0.365 e. The molecule has 108 valence electrons. The van der Waals surface area contributed by atoms with Crippen molar-refractivity contribution in [2.24, 2.45) is 5.73 Å². The molecule has 2 rings (SSSR count). The molecule has 0 bridgehead atoms. The summed E-state index contributed by atoms with van der Waals surface area (Å²) < 4.78 is 1.02. The fourth-order valence-electron chi connectivity index (χ4n) is 2.59.